The molecule has 1 atom stereocenters. The Morgan fingerprint density at radius 2 is 2.38 bits per heavy atom. The summed E-state index contributed by atoms with van der Waals surface area (Å²) < 4.78 is 0. The molecule has 1 aromatic rings. The number of nitrogens with two attached hydrogens (primary N) is 1. The highest BCUT2D eigenvalue weighted by molar-refractivity contribution is 5.85. The molecule has 0 radical (unpaired) electrons. The summed E-state index contributed by atoms with van der Waals surface area (Å²) >= 11 is 0. The normalized spacial score (nSPS) is 17.8. The number of nitrogens with one attached hydrogen (secondary N) is 1. The van der Waals surface area contributed by atoms with Crippen molar-refractivity contribution in [3.05, 3.63) is 22.2 Å². The van der Waals surface area contributed by atoms with Gasteiger partial charge in [0.1, 0.15) is 11.9 Å². The van der Waals surface area contributed by atoms with Gasteiger partial charge in [-0.25, -0.2) is 4.98 Å². The van der Waals surface area contributed by atoms with Crippen molar-refractivity contribution in [2.24, 2.45) is 5.73 Å². The maximum Gasteiger partial charge on any atom is 0.311 e. The second-order valence-electron chi connectivity index (χ2n) is 4.98. The smallest absolute Gasteiger partial charge is 0.311 e. The molecule has 2 heterocycles. The first-order valence-electron chi connectivity index (χ1n) is 7.00. The molecule has 1 aliphatic heterocycles. The third kappa shape index (κ3) is 3.21. The predicted molar refractivity (Wildman–Crippen MR) is 79.2 cm³/mol. The van der Waals surface area contributed by atoms with E-state index in [1.165, 1.54) is 6.07 Å². The van der Waals surface area contributed by atoms with Crippen molar-refractivity contribution in [2.45, 2.75) is 32.2 Å². The zero-order valence-corrected chi connectivity index (χ0v) is 11.9. The minimum atomic E-state index is -0.530. The van der Waals surface area contributed by atoms with Gasteiger partial charge in [0.25, 0.3) is 0 Å². The van der Waals surface area contributed by atoms with Crippen molar-refractivity contribution in [2.75, 3.05) is 23.3 Å². The first kappa shape index (κ1) is 15.0. The Labute approximate surface area is 122 Å². The van der Waals surface area contributed by atoms with Crippen LogP contribution in [0, 0.1) is 10.1 Å². The highest BCUT2D eigenvalue weighted by Gasteiger charge is 2.34. The van der Waals surface area contributed by atoms with Crippen LogP contribution < -0.4 is 16.0 Å². The van der Waals surface area contributed by atoms with E-state index in [1.807, 2.05) is 6.92 Å². The molecule has 1 saturated heterocycles. The zero-order valence-electron chi connectivity index (χ0n) is 11.9. The lowest BCUT2D eigenvalue weighted by Crippen LogP contribution is -2.41. The van der Waals surface area contributed by atoms with Crippen molar-refractivity contribution in [1.29, 1.82) is 0 Å². The number of carbonyl (C=O) groups is 1. The zero-order chi connectivity index (χ0) is 15.4. The highest BCUT2D eigenvalue weighted by Crippen LogP contribution is 2.32. The Bertz CT molecular complexity index is 549. The molecule has 2 rings (SSSR count). The molecule has 21 heavy (non-hydrogen) atoms. The fourth-order valence-corrected chi connectivity index (χ4v) is 2.46. The SMILES string of the molecule is CCCNc1ccc([N+](=O)[O-])c(N2CCCC2C(N)=O)n1. The number of primary amides is 1. The van der Waals surface area contributed by atoms with Crippen molar-refractivity contribution in [1.82, 2.24) is 4.98 Å². The first-order valence-corrected chi connectivity index (χ1v) is 7.00. The molecular weight excluding hydrogens is 274 g/mol. The highest BCUT2D eigenvalue weighted by atomic mass is 16.6. The molecule has 0 spiro atoms. The monoisotopic (exact) mass is 293 g/mol. The molecule has 0 aliphatic carbocycles. The van der Waals surface area contributed by atoms with Gasteiger partial charge in [-0.15, -0.1) is 0 Å². The van der Waals surface area contributed by atoms with E-state index in [-0.39, 0.29) is 11.5 Å². The molecule has 1 aromatic heterocycles. The average molecular weight is 293 g/mol. The van der Waals surface area contributed by atoms with Crippen molar-refractivity contribution in [3.63, 3.8) is 0 Å². The average Bonchev–Trinajstić information content (AvgIpc) is 2.94. The first-order chi connectivity index (χ1) is 10.0. The Morgan fingerprint density at radius 1 is 1.62 bits per heavy atom. The quantitative estimate of drug-likeness (QED) is 0.603. The lowest BCUT2D eigenvalue weighted by atomic mass is 10.2. The van der Waals surface area contributed by atoms with Gasteiger partial charge >= 0.3 is 5.69 Å². The van der Waals surface area contributed by atoms with E-state index in [0.29, 0.717) is 18.8 Å². The van der Waals surface area contributed by atoms with Gasteiger partial charge in [-0.1, -0.05) is 6.92 Å². The number of nitro groups is 1. The lowest BCUT2D eigenvalue weighted by Gasteiger charge is -2.23. The van der Waals surface area contributed by atoms with Crippen molar-refractivity contribution < 1.29 is 9.72 Å². The summed E-state index contributed by atoms with van der Waals surface area (Å²) in [5, 5.41) is 14.3. The van der Waals surface area contributed by atoms with E-state index in [0.717, 1.165) is 19.4 Å². The minimum Gasteiger partial charge on any atom is -0.370 e. The largest absolute Gasteiger partial charge is 0.370 e. The van der Waals surface area contributed by atoms with E-state index in [4.69, 9.17) is 5.73 Å². The number of anilines is 2. The lowest BCUT2D eigenvalue weighted by molar-refractivity contribution is -0.384. The van der Waals surface area contributed by atoms with E-state index >= 15 is 0 Å². The number of carbonyl (C=O) groups excluding carboxylic acids is 1. The molecule has 1 aliphatic rings. The molecule has 0 aromatic carbocycles. The topological polar surface area (TPSA) is 114 Å². The van der Waals surface area contributed by atoms with Crippen LogP contribution in [-0.2, 0) is 4.79 Å². The van der Waals surface area contributed by atoms with Crippen LogP contribution in [0.3, 0.4) is 0 Å². The molecule has 3 N–H and O–H groups in total. The minimum absolute atomic E-state index is 0.106. The second kappa shape index (κ2) is 6.38. The van der Waals surface area contributed by atoms with Crippen LogP contribution in [-0.4, -0.2) is 34.9 Å². The predicted octanol–water partition coefficient (Wildman–Crippen LogP) is 1.27. The van der Waals surface area contributed by atoms with Crippen molar-refractivity contribution >= 4 is 23.2 Å². The maximum atomic E-state index is 11.5. The van der Waals surface area contributed by atoms with E-state index < -0.39 is 16.9 Å². The van der Waals surface area contributed by atoms with Gasteiger partial charge in [-0.2, -0.15) is 0 Å². The van der Waals surface area contributed by atoms with Crippen LogP contribution in [0.2, 0.25) is 0 Å². The van der Waals surface area contributed by atoms with Crippen LogP contribution in [0.25, 0.3) is 0 Å². The van der Waals surface area contributed by atoms with Crippen molar-refractivity contribution in [3.8, 4) is 0 Å². The van der Waals surface area contributed by atoms with Crippen LogP contribution in [0.4, 0.5) is 17.3 Å². The van der Waals surface area contributed by atoms with Crippen LogP contribution in [0.1, 0.15) is 26.2 Å². The van der Waals surface area contributed by atoms with Crippen LogP contribution in [0.15, 0.2) is 12.1 Å². The molecule has 1 fully saturated rings. The Balaban J connectivity index is 2.38. The standard InChI is InChI=1S/C13H19N5O3/c1-2-7-15-11-6-5-10(18(20)21)13(16-11)17-8-3-4-9(17)12(14)19/h5-6,9H,2-4,7-8H2,1H3,(H2,14,19)(H,15,16). The van der Waals surface area contributed by atoms with E-state index in [2.05, 4.69) is 10.3 Å². The number of pyridine rings is 1. The molecule has 1 unspecified atom stereocenters. The van der Waals surface area contributed by atoms with Gasteiger partial charge in [0, 0.05) is 19.2 Å². The summed E-state index contributed by atoms with van der Waals surface area (Å²) in [6.07, 6.45) is 2.28. The molecule has 114 valence electrons. The molecule has 8 heteroatoms. The summed E-state index contributed by atoms with van der Waals surface area (Å²) in [7, 11) is 0. The molecule has 8 nitrogen and oxygen atoms in total. The Hall–Kier alpha value is -2.38. The third-order valence-electron chi connectivity index (χ3n) is 3.46. The number of aromatic nitrogens is 1. The molecule has 0 bridgehead atoms. The fourth-order valence-electron chi connectivity index (χ4n) is 2.46. The van der Waals surface area contributed by atoms with E-state index in [1.54, 1.807) is 11.0 Å². The van der Waals surface area contributed by atoms with Crippen LogP contribution in [0.5, 0.6) is 0 Å². The van der Waals surface area contributed by atoms with Gasteiger partial charge in [-0.3, -0.25) is 14.9 Å². The number of hydrogen-bond donors (Lipinski definition) is 2. The fraction of sp³-hybridized carbons (Fsp3) is 0.538. The maximum absolute atomic E-state index is 11.5. The number of rotatable bonds is 6. The number of nitrogens with zero attached hydrogens (tertiary/aromatic N) is 3. The number of amides is 1. The van der Waals surface area contributed by atoms with Gasteiger partial charge in [0.2, 0.25) is 11.7 Å². The Kier molecular flexibility index (Phi) is 4.56. The van der Waals surface area contributed by atoms with Crippen LogP contribution >= 0.6 is 0 Å². The summed E-state index contributed by atoms with van der Waals surface area (Å²) in [6.45, 7) is 3.28. The summed E-state index contributed by atoms with van der Waals surface area (Å²) in [5.74, 6) is 0.297. The summed E-state index contributed by atoms with van der Waals surface area (Å²) in [5.41, 5.74) is 5.27. The van der Waals surface area contributed by atoms with E-state index in [9.17, 15) is 14.9 Å². The summed E-state index contributed by atoms with van der Waals surface area (Å²) in [6, 6.07) is 2.46. The summed E-state index contributed by atoms with van der Waals surface area (Å²) in [4.78, 5) is 28.1. The van der Waals surface area contributed by atoms with Gasteiger partial charge < -0.3 is 16.0 Å². The van der Waals surface area contributed by atoms with Gasteiger partial charge in [0.15, 0.2) is 0 Å². The number of hydrogen-bond acceptors (Lipinski definition) is 6. The molecule has 1 amide bonds. The molecular formula is C13H19N5O3. The third-order valence-corrected chi connectivity index (χ3v) is 3.46. The van der Waals surface area contributed by atoms with Gasteiger partial charge in [0.05, 0.1) is 4.92 Å². The molecule has 0 saturated carbocycles. The Morgan fingerprint density at radius 3 is 3.00 bits per heavy atom. The second-order valence-corrected chi connectivity index (χ2v) is 4.98. The van der Waals surface area contributed by atoms with Gasteiger partial charge in [-0.05, 0) is 25.3 Å².